The van der Waals surface area contributed by atoms with Crippen molar-refractivity contribution in [2.24, 2.45) is 0 Å². The third-order valence-corrected chi connectivity index (χ3v) is 3.10. The Morgan fingerprint density at radius 3 is 2.59 bits per heavy atom. The molecule has 0 radical (unpaired) electrons. The number of ether oxygens (including phenoxy) is 1. The van der Waals surface area contributed by atoms with E-state index in [2.05, 4.69) is 10.3 Å². The predicted octanol–water partition coefficient (Wildman–Crippen LogP) is 1.52. The Balaban J connectivity index is 2.14. The number of carboxylic acid groups (broad SMARTS) is 1. The molecule has 0 bridgehead atoms. The Morgan fingerprint density at radius 2 is 1.95 bits per heavy atom. The Kier molecular flexibility index (Phi) is 5.08. The van der Waals surface area contributed by atoms with Gasteiger partial charge in [0.2, 0.25) is 5.88 Å². The molecule has 0 saturated heterocycles. The van der Waals surface area contributed by atoms with Gasteiger partial charge in [-0.25, -0.2) is 9.78 Å². The minimum atomic E-state index is -1.10. The molecular weight excluding hydrogens is 284 g/mol. The largest absolute Gasteiger partial charge is 0.480 e. The van der Waals surface area contributed by atoms with E-state index in [1.165, 1.54) is 19.4 Å². The van der Waals surface area contributed by atoms with Gasteiger partial charge in [-0.05, 0) is 17.7 Å². The molecule has 6 nitrogen and oxygen atoms in total. The maximum Gasteiger partial charge on any atom is 0.326 e. The van der Waals surface area contributed by atoms with Crippen molar-refractivity contribution in [2.75, 3.05) is 7.11 Å². The first-order valence-corrected chi connectivity index (χ1v) is 6.68. The fourth-order valence-corrected chi connectivity index (χ4v) is 2.01. The normalized spacial score (nSPS) is 11.5. The SMILES string of the molecule is COc1ncccc1C(=O)NC(Cc1ccccc1)C(=O)O. The monoisotopic (exact) mass is 300 g/mol. The van der Waals surface area contributed by atoms with Gasteiger partial charge in [0, 0.05) is 12.6 Å². The van der Waals surface area contributed by atoms with Crippen LogP contribution in [0, 0.1) is 0 Å². The van der Waals surface area contributed by atoms with Crippen LogP contribution in [0.5, 0.6) is 5.88 Å². The van der Waals surface area contributed by atoms with Crippen LogP contribution in [0.4, 0.5) is 0 Å². The van der Waals surface area contributed by atoms with E-state index in [1.54, 1.807) is 6.07 Å². The smallest absolute Gasteiger partial charge is 0.326 e. The molecule has 0 saturated carbocycles. The maximum absolute atomic E-state index is 12.2. The summed E-state index contributed by atoms with van der Waals surface area (Å²) in [6, 6.07) is 11.2. The summed E-state index contributed by atoms with van der Waals surface area (Å²) in [5, 5.41) is 11.8. The molecule has 0 fully saturated rings. The van der Waals surface area contributed by atoms with E-state index in [1.807, 2.05) is 30.3 Å². The van der Waals surface area contributed by atoms with Crippen molar-refractivity contribution in [1.82, 2.24) is 10.3 Å². The Hall–Kier alpha value is -2.89. The van der Waals surface area contributed by atoms with Gasteiger partial charge in [-0.2, -0.15) is 0 Å². The molecular formula is C16H16N2O4. The number of hydrogen-bond acceptors (Lipinski definition) is 4. The summed E-state index contributed by atoms with van der Waals surface area (Å²) in [5.74, 6) is -1.47. The number of benzene rings is 1. The van der Waals surface area contributed by atoms with Crippen molar-refractivity contribution in [3.63, 3.8) is 0 Å². The summed E-state index contributed by atoms with van der Waals surface area (Å²) in [5.41, 5.74) is 1.03. The number of nitrogens with one attached hydrogen (secondary N) is 1. The van der Waals surface area contributed by atoms with E-state index in [4.69, 9.17) is 4.74 Å². The molecule has 1 unspecified atom stereocenters. The molecule has 2 rings (SSSR count). The summed E-state index contributed by atoms with van der Waals surface area (Å²) >= 11 is 0. The summed E-state index contributed by atoms with van der Waals surface area (Å²) in [4.78, 5) is 27.5. The van der Waals surface area contributed by atoms with Crippen molar-refractivity contribution in [3.8, 4) is 5.88 Å². The number of carbonyl (C=O) groups is 2. The van der Waals surface area contributed by atoms with Gasteiger partial charge >= 0.3 is 5.97 Å². The summed E-state index contributed by atoms with van der Waals surface area (Å²) < 4.78 is 5.01. The average molecular weight is 300 g/mol. The summed E-state index contributed by atoms with van der Waals surface area (Å²) in [6.45, 7) is 0. The highest BCUT2D eigenvalue weighted by atomic mass is 16.5. The lowest BCUT2D eigenvalue weighted by Crippen LogP contribution is -2.42. The lowest BCUT2D eigenvalue weighted by Gasteiger charge is -2.15. The molecule has 1 aromatic carbocycles. The van der Waals surface area contributed by atoms with E-state index < -0.39 is 17.9 Å². The highest BCUT2D eigenvalue weighted by Crippen LogP contribution is 2.14. The average Bonchev–Trinajstić information content (AvgIpc) is 2.55. The number of hydrogen-bond donors (Lipinski definition) is 2. The molecule has 1 atom stereocenters. The third-order valence-electron chi connectivity index (χ3n) is 3.10. The van der Waals surface area contributed by atoms with Crippen molar-refractivity contribution < 1.29 is 19.4 Å². The number of aliphatic carboxylic acids is 1. The number of methoxy groups -OCH3 is 1. The van der Waals surface area contributed by atoms with Crippen LogP contribution in [0.3, 0.4) is 0 Å². The molecule has 0 aliphatic carbocycles. The second-order valence-electron chi connectivity index (χ2n) is 4.61. The van der Waals surface area contributed by atoms with Gasteiger partial charge in [-0.3, -0.25) is 4.79 Å². The van der Waals surface area contributed by atoms with Gasteiger partial charge in [-0.1, -0.05) is 30.3 Å². The van der Waals surface area contributed by atoms with Gasteiger partial charge in [0.25, 0.3) is 5.91 Å². The number of carbonyl (C=O) groups excluding carboxylic acids is 1. The lowest BCUT2D eigenvalue weighted by molar-refractivity contribution is -0.139. The quantitative estimate of drug-likeness (QED) is 0.844. The van der Waals surface area contributed by atoms with Gasteiger partial charge in [0.05, 0.1) is 7.11 Å². The molecule has 22 heavy (non-hydrogen) atoms. The minimum absolute atomic E-state index is 0.156. The fourth-order valence-electron chi connectivity index (χ4n) is 2.01. The Morgan fingerprint density at radius 1 is 1.23 bits per heavy atom. The maximum atomic E-state index is 12.2. The van der Waals surface area contributed by atoms with Crippen LogP contribution in [0.15, 0.2) is 48.7 Å². The fraction of sp³-hybridized carbons (Fsp3) is 0.188. The van der Waals surface area contributed by atoms with Gasteiger partial charge < -0.3 is 15.2 Å². The van der Waals surface area contributed by atoms with Crippen LogP contribution in [0.2, 0.25) is 0 Å². The van der Waals surface area contributed by atoms with Gasteiger partial charge in [0.15, 0.2) is 0 Å². The number of aromatic nitrogens is 1. The molecule has 6 heteroatoms. The highest BCUT2D eigenvalue weighted by Gasteiger charge is 2.23. The molecule has 0 aliphatic rings. The van der Waals surface area contributed by atoms with Crippen molar-refractivity contribution in [3.05, 3.63) is 59.8 Å². The predicted molar refractivity (Wildman–Crippen MR) is 79.8 cm³/mol. The van der Waals surface area contributed by atoms with E-state index in [0.717, 1.165) is 5.56 Å². The first-order valence-electron chi connectivity index (χ1n) is 6.68. The molecule has 2 aromatic rings. The lowest BCUT2D eigenvalue weighted by atomic mass is 10.1. The molecule has 1 heterocycles. The van der Waals surface area contributed by atoms with Crippen LogP contribution in [0.25, 0.3) is 0 Å². The molecule has 0 aliphatic heterocycles. The van der Waals surface area contributed by atoms with E-state index in [-0.39, 0.29) is 17.9 Å². The number of rotatable bonds is 6. The zero-order valence-corrected chi connectivity index (χ0v) is 12.0. The van der Waals surface area contributed by atoms with Crippen LogP contribution >= 0.6 is 0 Å². The minimum Gasteiger partial charge on any atom is -0.480 e. The van der Waals surface area contributed by atoms with Gasteiger partial charge in [-0.15, -0.1) is 0 Å². The number of nitrogens with zero attached hydrogens (tertiary/aromatic N) is 1. The van der Waals surface area contributed by atoms with Crippen LogP contribution in [-0.4, -0.2) is 35.1 Å². The zero-order chi connectivity index (χ0) is 15.9. The van der Waals surface area contributed by atoms with E-state index in [0.29, 0.717) is 0 Å². The second kappa shape index (κ2) is 7.21. The van der Waals surface area contributed by atoms with Crippen LogP contribution in [0.1, 0.15) is 15.9 Å². The molecule has 1 aromatic heterocycles. The first kappa shape index (κ1) is 15.5. The summed E-state index contributed by atoms with van der Waals surface area (Å²) in [7, 11) is 1.40. The highest BCUT2D eigenvalue weighted by molar-refractivity contribution is 5.98. The van der Waals surface area contributed by atoms with Crippen LogP contribution in [-0.2, 0) is 11.2 Å². The number of pyridine rings is 1. The number of amides is 1. The van der Waals surface area contributed by atoms with Crippen molar-refractivity contribution in [2.45, 2.75) is 12.5 Å². The molecule has 114 valence electrons. The first-order chi connectivity index (χ1) is 10.6. The topological polar surface area (TPSA) is 88.5 Å². The summed E-state index contributed by atoms with van der Waals surface area (Å²) in [6.07, 6.45) is 1.69. The second-order valence-corrected chi connectivity index (χ2v) is 4.61. The van der Waals surface area contributed by atoms with Gasteiger partial charge in [0.1, 0.15) is 11.6 Å². The number of carboxylic acids is 1. The van der Waals surface area contributed by atoms with Crippen molar-refractivity contribution in [1.29, 1.82) is 0 Å². The standard InChI is InChI=1S/C16H16N2O4/c1-22-15-12(8-5-9-17-15)14(19)18-13(16(20)21)10-11-6-3-2-4-7-11/h2-9,13H,10H2,1H3,(H,18,19)(H,20,21). The molecule has 2 N–H and O–H groups in total. The third kappa shape index (κ3) is 3.82. The molecule has 1 amide bonds. The van der Waals surface area contributed by atoms with Crippen LogP contribution < -0.4 is 10.1 Å². The molecule has 0 spiro atoms. The zero-order valence-electron chi connectivity index (χ0n) is 12.0. The Bertz CT molecular complexity index is 658. The Labute approximate surface area is 127 Å². The van der Waals surface area contributed by atoms with E-state index in [9.17, 15) is 14.7 Å². The van der Waals surface area contributed by atoms with Crippen molar-refractivity contribution >= 4 is 11.9 Å². The van der Waals surface area contributed by atoms with E-state index >= 15 is 0 Å².